The molecule has 0 saturated heterocycles. The topological polar surface area (TPSA) is 47.0 Å². The van der Waals surface area contributed by atoms with Crippen LogP contribution in [0.15, 0.2) is 24.3 Å². The van der Waals surface area contributed by atoms with Gasteiger partial charge in [-0.05, 0) is 31.0 Å². The number of ether oxygens (including phenoxy) is 1. The molecule has 0 aliphatic heterocycles. The van der Waals surface area contributed by atoms with Crippen molar-refractivity contribution in [2.45, 2.75) is 26.7 Å². The quantitative estimate of drug-likeness (QED) is 0.869. The predicted molar refractivity (Wildman–Crippen MR) is 87.2 cm³/mol. The van der Waals surface area contributed by atoms with Gasteiger partial charge in [-0.25, -0.2) is 9.97 Å². The summed E-state index contributed by atoms with van der Waals surface area (Å²) in [6.45, 7) is 5.09. The zero-order valence-electron chi connectivity index (χ0n) is 12.6. The van der Waals surface area contributed by atoms with Crippen LogP contribution in [0.25, 0.3) is 11.4 Å². The molecule has 112 valence electrons. The Hall–Kier alpha value is -1.81. The van der Waals surface area contributed by atoms with Crippen LogP contribution >= 0.6 is 11.6 Å². The molecule has 2 aromatic rings. The molecule has 4 nitrogen and oxygen atoms in total. The third-order valence-electron chi connectivity index (χ3n) is 3.10. The molecule has 0 aliphatic rings. The zero-order valence-corrected chi connectivity index (χ0v) is 13.4. The SMILES string of the molecule is CCCNc1cc(CC)nc(-c2ccc(Cl)cc2OC)n1. The van der Waals surface area contributed by atoms with E-state index in [-0.39, 0.29) is 0 Å². The number of halogens is 1. The molecular formula is C16H20ClN3O. The van der Waals surface area contributed by atoms with Crippen LogP contribution in [-0.4, -0.2) is 23.6 Å². The Balaban J connectivity index is 2.47. The minimum Gasteiger partial charge on any atom is -0.496 e. The van der Waals surface area contributed by atoms with E-state index in [1.165, 1.54) is 0 Å². The highest BCUT2D eigenvalue weighted by Gasteiger charge is 2.11. The van der Waals surface area contributed by atoms with Crippen LogP contribution in [0.5, 0.6) is 5.75 Å². The average molecular weight is 306 g/mol. The van der Waals surface area contributed by atoms with Crippen molar-refractivity contribution in [3.8, 4) is 17.1 Å². The highest BCUT2D eigenvalue weighted by molar-refractivity contribution is 6.30. The fraction of sp³-hybridized carbons (Fsp3) is 0.375. The Morgan fingerprint density at radius 1 is 1.19 bits per heavy atom. The Bertz CT molecular complexity index is 616. The summed E-state index contributed by atoms with van der Waals surface area (Å²) in [5, 5.41) is 3.94. The minimum absolute atomic E-state index is 0.631. The lowest BCUT2D eigenvalue weighted by Crippen LogP contribution is -2.05. The van der Waals surface area contributed by atoms with Crippen molar-refractivity contribution in [2.75, 3.05) is 19.0 Å². The van der Waals surface area contributed by atoms with Crippen molar-refractivity contribution in [1.82, 2.24) is 9.97 Å². The number of nitrogens with zero attached hydrogens (tertiary/aromatic N) is 2. The first-order valence-electron chi connectivity index (χ1n) is 7.13. The van der Waals surface area contributed by atoms with Gasteiger partial charge in [-0.2, -0.15) is 0 Å². The highest BCUT2D eigenvalue weighted by Crippen LogP contribution is 2.31. The van der Waals surface area contributed by atoms with Gasteiger partial charge >= 0.3 is 0 Å². The first kappa shape index (κ1) is 15.6. The van der Waals surface area contributed by atoms with E-state index in [1.54, 1.807) is 13.2 Å². The normalized spacial score (nSPS) is 10.5. The van der Waals surface area contributed by atoms with Crippen LogP contribution in [-0.2, 0) is 6.42 Å². The van der Waals surface area contributed by atoms with E-state index in [1.807, 2.05) is 18.2 Å². The van der Waals surface area contributed by atoms with Crippen LogP contribution in [0.2, 0.25) is 5.02 Å². The second-order valence-electron chi connectivity index (χ2n) is 4.69. The molecule has 0 radical (unpaired) electrons. The van der Waals surface area contributed by atoms with Crippen molar-refractivity contribution in [2.24, 2.45) is 0 Å². The van der Waals surface area contributed by atoms with E-state index in [0.29, 0.717) is 16.6 Å². The van der Waals surface area contributed by atoms with E-state index >= 15 is 0 Å². The molecule has 1 N–H and O–H groups in total. The molecule has 0 fully saturated rings. The third kappa shape index (κ3) is 3.85. The Morgan fingerprint density at radius 3 is 2.67 bits per heavy atom. The number of anilines is 1. The summed E-state index contributed by atoms with van der Waals surface area (Å²) in [6, 6.07) is 7.47. The monoisotopic (exact) mass is 305 g/mol. The first-order chi connectivity index (χ1) is 10.2. The highest BCUT2D eigenvalue weighted by atomic mass is 35.5. The summed E-state index contributed by atoms with van der Waals surface area (Å²) >= 11 is 6.01. The van der Waals surface area contributed by atoms with Crippen molar-refractivity contribution in [3.05, 3.63) is 35.0 Å². The molecule has 0 unspecified atom stereocenters. The largest absolute Gasteiger partial charge is 0.496 e. The molecule has 0 atom stereocenters. The summed E-state index contributed by atoms with van der Waals surface area (Å²) < 4.78 is 5.39. The zero-order chi connectivity index (χ0) is 15.2. The smallest absolute Gasteiger partial charge is 0.165 e. The maximum absolute atomic E-state index is 6.01. The van der Waals surface area contributed by atoms with Crippen LogP contribution < -0.4 is 10.1 Å². The van der Waals surface area contributed by atoms with Crippen molar-refractivity contribution in [1.29, 1.82) is 0 Å². The number of hydrogen-bond donors (Lipinski definition) is 1. The maximum Gasteiger partial charge on any atom is 0.165 e. The summed E-state index contributed by atoms with van der Waals surface area (Å²) in [4.78, 5) is 9.18. The molecule has 2 rings (SSSR count). The lowest BCUT2D eigenvalue weighted by molar-refractivity contribution is 0.416. The van der Waals surface area contributed by atoms with Gasteiger partial charge in [0.2, 0.25) is 0 Å². The second kappa shape index (κ2) is 7.27. The predicted octanol–water partition coefficient (Wildman–Crippen LogP) is 4.19. The van der Waals surface area contributed by atoms with Crippen LogP contribution in [0, 0.1) is 0 Å². The summed E-state index contributed by atoms with van der Waals surface area (Å²) in [5.41, 5.74) is 1.84. The van der Waals surface area contributed by atoms with Gasteiger partial charge in [0.15, 0.2) is 5.82 Å². The number of benzene rings is 1. The molecule has 21 heavy (non-hydrogen) atoms. The first-order valence-corrected chi connectivity index (χ1v) is 7.51. The molecule has 0 aliphatic carbocycles. The van der Waals surface area contributed by atoms with Gasteiger partial charge < -0.3 is 10.1 Å². The lowest BCUT2D eigenvalue weighted by atomic mass is 10.1. The van der Waals surface area contributed by atoms with E-state index in [2.05, 4.69) is 29.1 Å². The van der Waals surface area contributed by atoms with Crippen molar-refractivity contribution < 1.29 is 4.74 Å². The van der Waals surface area contributed by atoms with E-state index < -0.39 is 0 Å². The number of nitrogens with one attached hydrogen (secondary N) is 1. The Kier molecular flexibility index (Phi) is 5.39. The Labute approximate surface area is 130 Å². The van der Waals surface area contributed by atoms with Gasteiger partial charge in [-0.3, -0.25) is 0 Å². The van der Waals surface area contributed by atoms with Gasteiger partial charge in [0, 0.05) is 23.3 Å². The molecule has 0 bridgehead atoms. The van der Waals surface area contributed by atoms with E-state index in [9.17, 15) is 0 Å². The number of aryl methyl sites for hydroxylation is 1. The average Bonchev–Trinajstić information content (AvgIpc) is 2.52. The van der Waals surface area contributed by atoms with Crippen LogP contribution in [0.3, 0.4) is 0 Å². The Morgan fingerprint density at radius 2 is 2.00 bits per heavy atom. The maximum atomic E-state index is 6.01. The van der Waals surface area contributed by atoms with E-state index in [4.69, 9.17) is 16.3 Å². The van der Waals surface area contributed by atoms with Crippen molar-refractivity contribution >= 4 is 17.4 Å². The summed E-state index contributed by atoms with van der Waals surface area (Å²) in [5.74, 6) is 2.18. The molecular weight excluding hydrogens is 286 g/mol. The number of rotatable bonds is 6. The third-order valence-corrected chi connectivity index (χ3v) is 3.34. The van der Waals surface area contributed by atoms with Gasteiger partial charge in [0.25, 0.3) is 0 Å². The van der Waals surface area contributed by atoms with Crippen LogP contribution in [0.4, 0.5) is 5.82 Å². The standard InChI is InChI=1S/C16H20ClN3O/c1-4-8-18-15-10-12(5-2)19-16(20-15)13-7-6-11(17)9-14(13)21-3/h6-7,9-10H,4-5,8H2,1-3H3,(H,18,19,20). The molecule has 5 heteroatoms. The summed E-state index contributed by atoms with van der Waals surface area (Å²) in [6.07, 6.45) is 1.90. The minimum atomic E-state index is 0.631. The lowest BCUT2D eigenvalue weighted by Gasteiger charge is -2.11. The fourth-order valence-electron chi connectivity index (χ4n) is 1.99. The molecule has 1 aromatic heterocycles. The van der Waals surface area contributed by atoms with Crippen molar-refractivity contribution in [3.63, 3.8) is 0 Å². The molecule has 0 spiro atoms. The van der Waals surface area contributed by atoms with E-state index in [0.717, 1.165) is 36.5 Å². The summed E-state index contributed by atoms with van der Waals surface area (Å²) in [7, 11) is 1.62. The van der Waals surface area contributed by atoms with Crippen LogP contribution in [0.1, 0.15) is 26.0 Å². The number of hydrogen-bond acceptors (Lipinski definition) is 4. The molecule has 1 aromatic carbocycles. The molecule has 0 amide bonds. The number of methoxy groups -OCH3 is 1. The van der Waals surface area contributed by atoms with Gasteiger partial charge in [0.05, 0.1) is 12.7 Å². The number of aromatic nitrogens is 2. The fourth-order valence-corrected chi connectivity index (χ4v) is 2.15. The van der Waals surface area contributed by atoms with Gasteiger partial charge in [-0.1, -0.05) is 25.4 Å². The molecule has 1 heterocycles. The van der Waals surface area contributed by atoms with Gasteiger partial charge in [0.1, 0.15) is 11.6 Å². The van der Waals surface area contributed by atoms with Gasteiger partial charge in [-0.15, -0.1) is 0 Å². The molecule has 0 saturated carbocycles. The second-order valence-corrected chi connectivity index (χ2v) is 5.13.